The fourth-order valence-electron chi connectivity index (χ4n) is 2.15. The standard InChI is InChI=1S/C19H21NO4/c1-13(2)17(19(22)23-3)20-18(21)14-9-11-16(12-10-14)24-15-7-5-4-6-8-15/h4-13,17H,1-3H3,(H,20,21). The van der Waals surface area contributed by atoms with Crippen LogP contribution in [0.5, 0.6) is 11.5 Å². The Bertz CT molecular complexity index is 680. The molecule has 0 radical (unpaired) electrons. The summed E-state index contributed by atoms with van der Waals surface area (Å²) in [5, 5.41) is 2.70. The Kier molecular flexibility index (Phi) is 5.95. The van der Waals surface area contributed by atoms with E-state index < -0.39 is 12.0 Å². The molecule has 5 nitrogen and oxygen atoms in total. The molecule has 0 aliphatic heterocycles. The zero-order valence-electron chi connectivity index (χ0n) is 14.0. The lowest BCUT2D eigenvalue weighted by Crippen LogP contribution is -2.45. The second-order valence-corrected chi connectivity index (χ2v) is 5.66. The molecule has 1 N–H and O–H groups in total. The lowest BCUT2D eigenvalue weighted by Gasteiger charge is -2.19. The van der Waals surface area contributed by atoms with Crippen molar-refractivity contribution in [3.63, 3.8) is 0 Å². The molecule has 2 rings (SSSR count). The van der Waals surface area contributed by atoms with Gasteiger partial charge >= 0.3 is 5.97 Å². The molecule has 5 heteroatoms. The second-order valence-electron chi connectivity index (χ2n) is 5.66. The van der Waals surface area contributed by atoms with Crippen LogP contribution in [0, 0.1) is 5.92 Å². The van der Waals surface area contributed by atoms with Crippen molar-refractivity contribution < 1.29 is 19.1 Å². The highest BCUT2D eigenvalue weighted by Crippen LogP contribution is 2.21. The minimum absolute atomic E-state index is 0.0675. The van der Waals surface area contributed by atoms with Gasteiger partial charge in [0.2, 0.25) is 0 Å². The molecule has 1 amide bonds. The maximum absolute atomic E-state index is 12.3. The van der Waals surface area contributed by atoms with Crippen LogP contribution in [0.2, 0.25) is 0 Å². The number of amides is 1. The molecule has 0 fully saturated rings. The van der Waals surface area contributed by atoms with Crippen molar-refractivity contribution in [2.24, 2.45) is 5.92 Å². The van der Waals surface area contributed by atoms with E-state index in [-0.39, 0.29) is 11.8 Å². The highest BCUT2D eigenvalue weighted by molar-refractivity contribution is 5.96. The Morgan fingerprint density at radius 2 is 1.50 bits per heavy atom. The molecule has 0 aromatic heterocycles. The molecular formula is C19H21NO4. The van der Waals surface area contributed by atoms with Crippen molar-refractivity contribution in [3.8, 4) is 11.5 Å². The Morgan fingerprint density at radius 3 is 2.04 bits per heavy atom. The minimum Gasteiger partial charge on any atom is -0.467 e. The van der Waals surface area contributed by atoms with Gasteiger partial charge in [0.05, 0.1) is 7.11 Å². The topological polar surface area (TPSA) is 64.6 Å². The first kappa shape index (κ1) is 17.5. The van der Waals surface area contributed by atoms with E-state index in [4.69, 9.17) is 9.47 Å². The van der Waals surface area contributed by atoms with E-state index in [9.17, 15) is 9.59 Å². The molecule has 2 aromatic carbocycles. The molecule has 2 aromatic rings. The molecule has 0 aliphatic rings. The van der Waals surface area contributed by atoms with Crippen LogP contribution in [-0.4, -0.2) is 25.0 Å². The minimum atomic E-state index is -0.678. The molecule has 24 heavy (non-hydrogen) atoms. The predicted molar refractivity (Wildman–Crippen MR) is 91.1 cm³/mol. The first-order valence-corrected chi connectivity index (χ1v) is 7.73. The Balaban J connectivity index is 2.04. The Labute approximate surface area is 141 Å². The van der Waals surface area contributed by atoms with Crippen LogP contribution in [0.25, 0.3) is 0 Å². The summed E-state index contributed by atoms with van der Waals surface area (Å²) in [4.78, 5) is 24.0. The zero-order chi connectivity index (χ0) is 17.5. The first-order chi connectivity index (χ1) is 11.5. The van der Waals surface area contributed by atoms with Gasteiger partial charge in [-0.05, 0) is 42.3 Å². The Hall–Kier alpha value is -2.82. The largest absolute Gasteiger partial charge is 0.467 e. The highest BCUT2D eigenvalue weighted by Gasteiger charge is 2.25. The lowest BCUT2D eigenvalue weighted by molar-refractivity contribution is -0.144. The van der Waals surface area contributed by atoms with Crippen LogP contribution < -0.4 is 10.1 Å². The fourth-order valence-corrected chi connectivity index (χ4v) is 2.15. The van der Waals surface area contributed by atoms with Gasteiger partial charge < -0.3 is 14.8 Å². The van der Waals surface area contributed by atoms with Crippen molar-refractivity contribution in [2.75, 3.05) is 7.11 Å². The Morgan fingerprint density at radius 1 is 0.917 bits per heavy atom. The molecule has 0 aliphatic carbocycles. The van der Waals surface area contributed by atoms with Crippen LogP contribution >= 0.6 is 0 Å². The monoisotopic (exact) mass is 327 g/mol. The van der Waals surface area contributed by atoms with Crippen molar-refractivity contribution in [3.05, 3.63) is 60.2 Å². The van der Waals surface area contributed by atoms with Gasteiger partial charge in [-0.1, -0.05) is 32.0 Å². The van der Waals surface area contributed by atoms with Gasteiger partial charge in [0.1, 0.15) is 17.5 Å². The normalized spacial score (nSPS) is 11.7. The number of hydrogen-bond donors (Lipinski definition) is 1. The summed E-state index contributed by atoms with van der Waals surface area (Å²) in [6.45, 7) is 3.69. The highest BCUT2D eigenvalue weighted by atomic mass is 16.5. The van der Waals surface area contributed by atoms with E-state index in [0.717, 1.165) is 5.75 Å². The van der Waals surface area contributed by atoms with E-state index in [1.54, 1.807) is 24.3 Å². The summed E-state index contributed by atoms with van der Waals surface area (Å²) in [7, 11) is 1.31. The van der Waals surface area contributed by atoms with Gasteiger partial charge in [-0.3, -0.25) is 4.79 Å². The molecular weight excluding hydrogens is 306 g/mol. The summed E-state index contributed by atoms with van der Waals surface area (Å²) in [6.07, 6.45) is 0. The van der Waals surface area contributed by atoms with E-state index in [1.165, 1.54) is 7.11 Å². The molecule has 0 saturated carbocycles. The fraction of sp³-hybridized carbons (Fsp3) is 0.263. The third kappa shape index (κ3) is 4.59. The summed E-state index contributed by atoms with van der Waals surface area (Å²) < 4.78 is 10.4. The number of hydrogen-bond acceptors (Lipinski definition) is 4. The summed E-state index contributed by atoms with van der Waals surface area (Å²) in [5.41, 5.74) is 0.449. The summed E-state index contributed by atoms with van der Waals surface area (Å²) >= 11 is 0. The molecule has 0 spiro atoms. The third-order valence-corrected chi connectivity index (χ3v) is 3.50. The first-order valence-electron chi connectivity index (χ1n) is 7.73. The van der Waals surface area contributed by atoms with E-state index >= 15 is 0 Å². The number of nitrogens with one attached hydrogen (secondary N) is 1. The summed E-state index contributed by atoms with van der Waals surface area (Å²) in [5.74, 6) is 0.501. The smallest absolute Gasteiger partial charge is 0.328 e. The molecule has 0 bridgehead atoms. The lowest BCUT2D eigenvalue weighted by atomic mass is 10.0. The van der Waals surface area contributed by atoms with Gasteiger partial charge in [-0.15, -0.1) is 0 Å². The van der Waals surface area contributed by atoms with Crippen molar-refractivity contribution in [1.29, 1.82) is 0 Å². The van der Waals surface area contributed by atoms with Gasteiger partial charge in [-0.25, -0.2) is 4.79 Å². The predicted octanol–water partition coefficient (Wildman–Crippen LogP) is 3.41. The average molecular weight is 327 g/mol. The third-order valence-electron chi connectivity index (χ3n) is 3.50. The second kappa shape index (κ2) is 8.15. The number of carbonyl (C=O) groups excluding carboxylic acids is 2. The molecule has 0 heterocycles. The van der Waals surface area contributed by atoms with Crippen LogP contribution in [0.15, 0.2) is 54.6 Å². The van der Waals surface area contributed by atoms with Crippen LogP contribution in [0.4, 0.5) is 0 Å². The van der Waals surface area contributed by atoms with Gasteiger partial charge in [0.25, 0.3) is 5.91 Å². The molecule has 0 saturated heterocycles. The molecule has 126 valence electrons. The number of para-hydroxylation sites is 1. The van der Waals surface area contributed by atoms with Gasteiger partial charge in [-0.2, -0.15) is 0 Å². The molecule has 1 unspecified atom stereocenters. The number of ether oxygens (including phenoxy) is 2. The van der Waals surface area contributed by atoms with E-state index in [0.29, 0.717) is 11.3 Å². The number of rotatable bonds is 6. The van der Waals surface area contributed by atoms with Gasteiger partial charge in [0.15, 0.2) is 0 Å². The number of methoxy groups -OCH3 is 1. The number of esters is 1. The van der Waals surface area contributed by atoms with Crippen molar-refractivity contribution in [1.82, 2.24) is 5.32 Å². The van der Waals surface area contributed by atoms with Gasteiger partial charge in [0, 0.05) is 5.56 Å². The number of benzene rings is 2. The maximum atomic E-state index is 12.3. The SMILES string of the molecule is COC(=O)C(NC(=O)c1ccc(Oc2ccccc2)cc1)C(C)C. The van der Waals surface area contributed by atoms with Crippen LogP contribution in [0.3, 0.4) is 0 Å². The summed E-state index contributed by atoms with van der Waals surface area (Å²) in [6, 6.07) is 15.4. The van der Waals surface area contributed by atoms with E-state index in [1.807, 2.05) is 44.2 Å². The maximum Gasteiger partial charge on any atom is 0.328 e. The van der Waals surface area contributed by atoms with Crippen LogP contribution in [-0.2, 0) is 9.53 Å². The average Bonchev–Trinajstić information content (AvgIpc) is 2.60. The molecule has 1 atom stereocenters. The van der Waals surface area contributed by atoms with E-state index in [2.05, 4.69) is 5.32 Å². The van der Waals surface area contributed by atoms with Crippen LogP contribution in [0.1, 0.15) is 24.2 Å². The quantitative estimate of drug-likeness (QED) is 0.826. The number of carbonyl (C=O) groups is 2. The zero-order valence-corrected chi connectivity index (χ0v) is 14.0. The van der Waals surface area contributed by atoms with Crippen molar-refractivity contribution in [2.45, 2.75) is 19.9 Å². The van der Waals surface area contributed by atoms with Crippen molar-refractivity contribution >= 4 is 11.9 Å².